The van der Waals surface area contributed by atoms with Crippen molar-refractivity contribution in [3.63, 3.8) is 0 Å². The van der Waals surface area contributed by atoms with Crippen LogP contribution in [-0.2, 0) is 4.79 Å². The van der Waals surface area contributed by atoms with Crippen LogP contribution in [0.4, 0.5) is 10.8 Å². The largest absolute Gasteiger partial charge is 0.342 e. The highest BCUT2D eigenvalue weighted by molar-refractivity contribution is 7.14. The summed E-state index contributed by atoms with van der Waals surface area (Å²) >= 11 is 7.33. The molecule has 0 unspecified atom stereocenters. The van der Waals surface area contributed by atoms with Gasteiger partial charge in [-0.15, -0.1) is 11.3 Å². The summed E-state index contributed by atoms with van der Waals surface area (Å²) in [6.45, 7) is 3.52. The first-order valence-corrected chi connectivity index (χ1v) is 9.33. The third kappa shape index (κ3) is 4.49. The molecule has 1 aromatic heterocycles. The van der Waals surface area contributed by atoms with Crippen molar-refractivity contribution >= 4 is 45.6 Å². The molecule has 1 saturated heterocycles. The zero-order chi connectivity index (χ0) is 17.8. The van der Waals surface area contributed by atoms with E-state index in [1.54, 1.807) is 10.3 Å². The number of halogens is 1. The second kappa shape index (κ2) is 7.84. The lowest BCUT2D eigenvalue weighted by molar-refractivity contribution is -0.129. The SMILES string of the molecule is Cc1ccc(Cl)cc1Nc1nc(C(=O)NCC(=O)N2CCCC2)cs1. The van der Waals surface area contributed by atoms with Crippen LogP contribution in [0.15, 0.2) is 23.6 Å². The van der Waals surface area contributed by atoms with Gasteiger partial charge < -0.3 is 15.5 Å². The summed E-state index contributed by atoms with van der Waals surface area (Å²) in [5.41, 5.74) is 2.17. The fourth-order valence-corrected chi connectivity index (χ4v) is 3.48. The summed E-state index contributed by atoms with van der Waals surface area (Å²) in [7, 11) is 0. The summed E-state index contributed by atoms with van der Waals surface area (Å²) in [6.07, 6.45) is 2.06. The standard InChI is InChI=1S/C17H19ClN4O2S/c1-11-4-5-12(18)8-13(11)20-17-21-14(10-25-17)16(24)19-9-15(23)22-6-2-3-7-22/h4-5,8,10H,2-3,6-7,9H2,1H3,(H,19,24)(H,20,21). The number of thiazole rings is 1. The molecule has 2 N–H and O–H groups in total. The first-order chi connectivity index (χ1) is 12.0. The Bertz CT molecular complexity index is 787. The van der Waals surface area contributed by atoms with Crippen LogP contribution in [0.3, 0.4) is 0 Å². The minimum Gasteiger partial charge on any atom is -0.342 e. The number of nitrogens with zero attached hydrogens (tertiary/aromatic N) is 2. The fourth-order valence-electron chi connectivity index (χ4n) is 2.60. The van der Waals surface area contributed by atoms with Crippen LogP contribution >= 0.6 is 22.9 Å². The minimum absolute atomic E-state index is 0.00647. The van der Waals surface area contributed by atoms with Gasteiger partial charge in [-0.25, -0.2) is 4.98 Å². The Morgan fingerprint density at radius 1 is 1.32 bits per heavy atom. The van der Waals surface area contributed by atoms with Gasteiger partial charge in [0, 0.05) is 29.2 Å². The first-order valence-electron chi connectivity index (χ1n) is 8.07. The quantitative estimate of drug-likeness (QED) is 0.837. The molecule has 1 fully saturated rings. The number of rotatable bonds is 5. The van der Waals surface area contributed by atoms with Gasteiger partial charge in [0.15, 0.2) is 5.13 Å². The number of carbonyl (C=O) groups excluding carboxylic acids is 2. The first kappa shape index (κ1) is 17.7. The van der Waals surface area contributed by atoms with Crippen LogP contribution in [0.5, 0.6) is 0 Å². The van der Waals surface area contributed by atoms with Gasteiger partial charge in [-0.3, -0.25) is 9.59 Å². The lowest BCUT2D eigenvalue weighted by atomic mass is 10.2. The number of anilines is 2. The predicted octanol–water partition coefficient (Wildman–Crippen LogP) is 3.20. The van der Waals surface area contributed by atoms with Crippen LogP contribution in [0.25, 0.3) is 0 Å². The molecule has 2 aromatic rings. The number of likely N-dealkylation sites (tertiary alicyclic amines) is 1. The van der Waals surface area contributed by atoms with Crippen LogP contribution in [0.2, 0.25) is 5.02 Å². The number of aromatic nitrogens is 1. The maximum absolute atomic E-state index is 12.2. The molecule has 6 nitrogen and oxygen atoms in total. The van der Waals surface area contributed by atoms with Crippen molar-refractivity contribution in [1.82, 2.24) is 15.2 Å². The highest BCUT2D eigenvalue weighted by atomic mass is 35.5. The fraction of sp³-hybridized carbons (Fsp3) is 0.353. The Hall–Kier alpha value is -2.12. The van der Waals surface area contributed by atoms with E-state index in [0.29, 0.717) is 15.8 Å². The number of aryl methyl sites for hydroxylation is 1. The molecule has 2 amide bonds. The van der Waals surface area contributed by atoms with Crippen molar-refractivity contribution in [2.75, 3.05) is 25.0 Å². The van der Waals surface area contributed by atoms with Gasteiger partial charge >= 0.3 is 0 Å². The molecule has 1 aromatic carbocycles. The van der Waals surface area contributed by atoms with Crippen molar-refractivity contribution in [1.29, 1.82) is 0 Å². The van der Waals surface area contributed by atoms with Gasteiger partial charge in [-0.05, 0) is 37.5 Å². The predicted molar refractivity (Wildman–Crippen MR) is 99.7 cm³/mol. The van der Waals surface area contributed by atoms with Crippen molar-refractivity contribution in [2.45, 2.75) is 19.8 Å². The minimum atomic E-state index is -0.348. The Labute approximate surface area is 155 Å². The third-order valence-corrected chi connectivity index (χ3v) is 5.03. The van der Waals surface area contributed by atoms with E-state index in [2.05, 4.69) is 15.6 Å². The van der Waals surface area contributed by atoms with Crippen molar-refractivity contribution in [2.24, 2.45) is 0 Å². The number of hydrogen-bond acceptors (Lipinski definition) is 5. The number of nitrogens with one attached hydrogen (secondary N) is 2. The van der Waals surface area contributed by atoms with E-state index in [9.17, 15) is 9.59 Å². The monoisotopic (exact) mass is 378 g/mol. The van der Waals surface area contributed by atoms with E-state index in [4.69, 9.17) is 11.6 Å². The average molecular weight is 379 g/mol. The molecular weight excluding hydrogens is 360 g/mol. The van der Waals surface area contributed by atoms with Gasteiger partial charge in [-0.1, -0.05) is 17.7 Å². The Balaban J connectivity index is 1.57. The van der Waals surface area contributed by atoms with Crippen LogP contribution in [-0.4, -0.2) is 41.3 Å². The normalized spacial score (nSPS) is 13.8. The molecule has 1 aliphatic rings. The molecule has 8 heteroatoms. The summed E-state index contributed by atoms with van der Waals surface area (Å²) in [5, 5.41) is 8.70. The van der Waals surface area contributed by atoms with Crippen molar-refractivity contribution in [3.05, 3.63) is 39.9 Å². The molecule has 1 aliphatic heterocycles. The van der Waals surface area contributed by atoms with Gasteiger partial charge in [-0.2, -0.15) is 0 Å². The Kier molecular flexibility index (Phi) is 5.55. The van der Waals surface area contributed by atoms with E-state index in [0.717, 1.165) is 37.2 Å². The molecule has 132 valence electrons. The smallest absolute Gasteiger partial charge is 0.271 e. The highest BCUT2D eigenvalue weighted by Crippen LogP contribution is 2.26. The number of hydrogen-bond donors (Lipinski definition) is 2. The van der Waals surface area contributed by atoms with E-state index in [1.165, 1.54) is 11.3 Å². The topological polar surface area (TPSA) is 74.3 Å². The van der Waals surface area contributed by atoms with Crippen molar-refractivity contribution in [3.8, 4) is 0 Å². The van der Waals surface area contributed by atoms with Gasteiger partial charge in [0.05, 0.1) is 6.54 Å². The number of benzene rings is 1. The molecule has 25 heavy (non-hydrogen) atoms. The van der Waals surface area contributed by atoms with Crippen molar-refractivity contribution < 1.29 is 9.59 Å². The lowest BCUT2D eigenvalue weighted by Gasteiger charge is -2.15. The van der Waals surface area contributed by atoms with Crippen LogP contribution in [0, 0.1) is 6.92 Å². The molecular formula is C17H19ClN4O2S. The zero-order valence-corrected chi connectivity index (χ0v) is 15.4. The number of carbonyl (C=O) groups is 2. The highest BCUT2D eigenvalue weighted by Gasteiger charge is 2.19. The Morgan fingerprint density at radius 2 is 2.08 bits per heavy atom. The average Bonchev–Trinajstić information content (AvgIpc) is 3.27. The molecule has 0 aliphatic carbocycles. The molecule has 0 spiro atoms. The molecule has 0 saturated carbocycles. The second-order valence-electron chi connectivity index (χ2n) is 5.89. The Morgan fingerprint density at radius 3 is 2.84 bits per heavy atom. The molecule has 2 heterocycles. The summed E-state index contributed by atoms with van der Waals surface area (Å²) in [4.78, 5) is 30.2. The molecule has 0 atom stereocenters. The maximum atomic E-state index is 12.2. The second-order valence-corrected chi connectivity index (χ2v) is 7.19. The zero-order valence-electron chi connectivity index (χ0n) is 13.8. The van der Waals surface area contributed by atoms with Gasteiger partial charge in [0.25, 0.3) is 5.91 Å². The van der Waals surface area contributed by atoms with E-state index >= 15 is 0 Å². The van der Waals surface area contributed by atoms with E-state index in [-0.39, 0.29) is 18.4 Å². The third-order valence-electron chi connectivity index (χ3n) is 4.04. The van der Waals surface area contributed by atoms with Crippen LogP contribution in [0.1, 0.15) is 28.9 Å². The van der Waals surface area contributed by atoms with Gasteiger partial charge in [0.2, 0.25) is 5.91 Å². The van der Waals surface area contributed by atoms with Gasteiger partial charge in [0.1, 0.15) is 5.69 Å². The molecule has 3 rings (SSSR count). The molecule has 0 radical (unpaired) electrons. The molecule has 0 bridgehead atoms. The summed E-state index contributed by atoms with van der Waals surface area (Å²) in [5.74, 6) is -0.395. The summed E-state index contributed by atoms with van der Waals surface area (Å²) < 4.78 is 0. The lowest BCUT2D eigenvalue weighted by Crippen LogP contribution is -2.38. The van der Waals surface area contributed by atoms with E-state index < -0.39 is 0 Å². The van der Waals surface area contributed by atoms with Crippen LogP contribution < -0.4 is 10.6 Å². The van der Waals surface area contributed by atoms with E-state index in [1.807, 2.05) is 25.1 Å². The number of amides is 2. The summed E-state index contributed by atoms with van der Waals surface area (Å²) in [6, 6.07) is 5.54. The maximum Gasteiger partial charge on any atom is 0.271 e.